The van der Waals surface area contributed by atoms with E-state index in [0.29, 0.717) is 5.56 Å². The third kappa shape index (κ3) is 2.69. The van der Waals surface area contributed by atoms with Crippen LogP contribution in [0.15, 0.2) is 24.3 Å². The normalized spacial score (nSPS) is 35.0. The Morgan fingerprint density at radius 3 is 2.37 bits per heavy atom. The smallest absolute Gasteiger partial charge is 0.416 e. The van der Waals surface area contributed by atoms with Crippen LogP contribution in [-0.2, 0) is 35.4 Å². The van der Waals surface area contributed by atoms with Crippen LogP contribution in [0.4, 0.5) is 13.2 Å². The van der Waals surface area contributed by atoms with E-state index in [0.717, 1.165) is 12.1 Å². The van der Waals surface area contributed by atoms with Gasteiger partial charge in [0, 0.05) is 5.92 Å². The lowest BCUT2D eigenvalue weighted by Crippen LogP contribution is -2.41. The van der Waals surface area contributed by atoms with E-state index >= 15 is 0 Å². The molecule has 5 nitrogen and oxygen atoms in total. The number of hydrogen-bond acceptors (Lipinski definition) is 5. The molecule has 1 aromatic carbocycles. The van der Waals surface area contributed by atoms with Crippen molar-refractivity contribution in [3.8, 4) is 0 Å². The Morgan fingerprint density at radius 1 is 1.19 bits per heavy atom. The number of ether oxygens (including phenoxy) is 3. The summed E-state index contributed by atoms with van der Waals surface area (Å²) in [5, 5.41) is 0. The van der Waals surface area contributed by atoms with Crippen LogP contribution >= 0.6 is 0 Å². The predicted molar refractivity (Wildman–Crippen MR) is 85.6 cm³/mol. The third-order valence-electron chi connectivity index (χ3n) is 5.35. The second kappa shape index (κ2) is 5.54. The standard InChI is InChI=1S/C19H19F3O5/c1-17(2,3)27-15(24)13-12-11-8-25-16(26-11)14(23)18(12,13)9-4-6-10(7-5-9)19(20,21)22/h4-7,11-13,16H,8H2,1-3H3/t11-,12+,13-,16-,18+/m1/s1. The molecule has 3 aliphatic rings. The first-order valence-electron chi connectivity index (χ1n) is 8.68. The summed E-state index contributed by atoms with van der Waals surface area (Å²) in [4.78, 5) is 25.8. The van der Waals surface area contributed by atoms with E-state index in [1.807, 2.05) is 0 Å². The van der Waals surface area contributed by atoms with Gasteiger partial charge < -0.3 is 14.2 Å². The Kier molecular flexibility index (Phi) is 3.79. The molecule has 3 fully saturated rings. The van der Waals surface area contributed by atoms with Crippen LogP contribution in [0.5, 0.6) is 0 Å². The molecule has 8 heteroatoms. The fourth-order valence-electron chi connectivity index (χ4n) is 4.33. The molecule has 1 aliphatic carbocycles. The number of carbonyl (C=O) groups excluding carboxylic acids is 2. The maximum atomic E-state index is 13.0. The van der Waals surface area contributed by atoms with E-state index in [-0.39, 0.29) is 6.61 Å². The second-order valence-electron chi connectivity index (χ2n) is 8.19. The predicted octanol–water partition coefficient (Wildman–Crippen LogP) is 2.86. The molecule has 4 rings (SSSR count). The van der Waals surface area contributed by atoms with Crippen LogP contribution in [0.1, 0.15) is 31.9 Å². The molecule has 2 saturated heterocycles. The van der Waals surface area contributed by atoms with Crippen LogP contribution in [0.25, 0.3) is 0 Å². The van der Waals surface area contributed by atoms with Crippen molar-refractivity contribution in [1.82, 2.24) is 0 Å². The van der Waals surface area contributed by atoms with Crippen LogP contribution < -0.4 is 0 Å². The van der Waals surface area contributed by atoms with Crippen LogP contribution in [0.2, 0.25) is 0 Å². The Hall–Kier alpha value is -1.93. The van der Waals surface area contributed by atoms with Crippen molar-refractivity contribution < 1.29 is 37.0 Å². The third-order valence-corrected chi connectivity index (χ3v) is 5.35. The molecule has 2 heterocycles. The van der Waals surface area contributed by atoms with Gasteiger partial charge in [-0.3, -0.25) is 9.59 Å². The molecule has 0 amide bonds. The van der Waals surface area contributed by atoms with Gasteiger partial charge in [-0.2, -0.15) is 13.2 Å². The number of alkyl halides is 3. The van der Waals surface area contributed by atoms with E-state index in [4.69, 9.17) is 14.2 Å². The summed E-state index contributed by atoms with van der Waals surface area (Å²) in [6.45, 7) is 5.32. The molecule has 2 bridgehead atoms. The lowest BCUT2D eigenvalue weighted by molar-refractivity contribution is -0.159. The van der Waals surface area contributed by atoms with Crippen molar-refractivity contribution in [2.24, 2.45) is 11.8 Å². The zero-order valence-corrected chi connectivity index (χ0v) is 15.0. The van der Waals surface area contributed by atoms with Gasteiger partial charge in [0.25, 0.3) is 0 Å². The number of ketones is 1. The molecular formula is C19H19F3O5. The maximum Gasteiger partial charge on any atom is 0.416 e. The van der Waals surface area contributed by atoms with Crippen molar-refractivity contribution in [2.45, 2.75) is 50.4 Å². The van der Waals surface area contributed by atoms with E-state index in [1.165, 1.54) is 12.1 Å². The number of rotatable bonds is 2. The van der Waals surface area contributed by atoms with Crippen molar-refractivity contribution >= 4 is 11.8 Å². The Morgan fingerprint density at radius 2 is 1.81 bits per heavy atom. The van der Waals surface area contributed by atoms with Crippen molar-refractivity contribution in [3.63, 3.8) is 0 Å². The minimum Gasteiger partial charge on any atom is -0.460 e. The van der Waals surface area contributed by atoms with Crippen LogP contribution in [0, 0.1) is 11.8 Å². The van der Waals surface area contributed by atoms with Crippen LogP contribution in [0.3, 0.4) is 0 Å². The lowest BCUT2D eigenvalue weighted by atomic mass is 9.84. The first-order valence-corrected chi connectivity index (χ1v) is 8.68. The van der Waals surface area contributed by atoms with Gasteiger partial charge in [-0.15, -0.1) is 0 Å². The van der Waals surface area contributed by atoms with Crippen molar-refractivity contribution in [1.29, 1.82) is 0 Å². The van der Waals surface area contributed by atoms with Gasteiger partial charge in [0.2, 0.25) is 6.29 Å². The van der Waals surface area contributed by atoms with Gasteiger partial charge in [-0.25, -0.2) is 0 Å². The quantitative estimate of drug-likeness (QED) is 0.734. The highest BCUT2D eigenvalue weighted by Crippen LogP contribution is 2.67. The Bertz CT molecular complexity index is 795. The van der Waals surface area contributed by atoms with Gasteiger partial charge in [-0.05, 0) is 38.5 Å². The summed E-state index contributed by atoms with van der Waals surface area (Å²) in [6, 6.07) is 4.39. The summed E-state index contributed by atoms with van der Waals surface area (Å²) < 4.78 is 55.0. The molecule has 5 atom stereocenters. The summed E-state index contributed by atoms with van der Waals surface area (Å²) in [5.74, 6) is -2.27. The SMILES string of the molecule is CC(C)(C)OC(=O)[C@H]1[C@@H]2[C@H]3CO[C@H](O3)C(=O)[C@@]21c1ccc(C(F)(F)F)cc1. The monoisotopic (exact) mass is 384 g/mol. The molecule has 0 radical (unpaired) electrons. The fraction of sp³-hybridized carbons (Fsp3) is 0.579. The first kappa shape index (κ1) is 18.4. The average molecular weight is 384 g/mol. The lowest BCUT2D eigenvalue weighted by Gasteiger charge is -2.26. The Labute approximate surface area is 153 Å². The van der Waals surface area contributed by atoms with Crippen molar-refractivity contribution in [2.75, 3.05) is 6.61 Å². The van der Waals surface area contributed by atoms with Gasteiger partial charge in [0.15, 0.2) is 5.78 Å². The van der Waals surface area contributed by atoms with Crippen molar-refractivity contribution in [3.05, 3.63) is 35.4 Å². The molecule has 27 heavy (non-hydrogen) atoms. The molecule has 0 spiro atoms. The first-order chi connectivity index (χ1) is 12.5. The molecule has 146 valence electrons. The summed E-state index contributed by atoms with van der Waals surface area (Å²) >= 11 is 0. The number of esters is 1. The summed E-state index contributed by atoms with van der Waals surface area (Å²) in [7, 11) is 0. The average Bonchev–Trinajstić information content (AvgIpc) is 3.08. The maximum absolute atomic E-state index is 13.0. The van der Waals surface area contributed by atoms with E-state index in [1.54, 1.807) is 20.8 Å². The molecule has 1 saturated carbocycles. The van der Waals surface area contributed by atoms with Gasteiger partial charge in [0.1, 0.15) is 5.60 Å². The van der Waals surface area contributed by atoms with E-state index in [9.17, 15) is 22.8 Å². The van der Waals surface area contributed by atoms with Gasteiger partial charge in [-0.1, -0.05) is 12.1 Å². The highest BCUT2D eigenvalue weighted by Gasteiger charge is 2.81. The minimum atomic E-state index is -4.48. The number of halogens is 3. The molecule has 0 aromatic heterocycles. The van der Waals surface area contributed by atoms with E-state index in [2.05, 4.69) is 0 Å². The number of Topliss-reactive ketones (excluding diaryl/α,β-unsaturated/α-hetero) is 1. The molecule has 1 aromatic rings. The largest absolute Gasteiger partial charge is 0.460 e. The van der Waals surface area contributed by atoms with E-state index < -0.39 is 58.7 Å². The number of benzene rings is 1. The highest BCUT2D eigenvalue weighted by atomic mass is 19.4. The number of fused-ring (bicyclic) bond motifs is 4. The molecule has 0 unspecified atom stereocenters. The van der Waals surface area contributed by atoms with Gasteiger partial charge in [0.05, 0.1) is 29.6 Å². The zero-order chi connectivity index (χ0) is 19.8. The highest BCUT2D eigenvalue weighted by molar-refractivity contribution is 6.04. The molecular weight excluding hydrogens is 365 g/mol. The topological polar surface area (TPSA) is 61.8 Å². The number of carbonyl (C=O) groups is 2. The number of hydrogen-bond donors (Lipinski definition) is 0. The Balaban J connectivity index is 1.74. The molecule has 0 N–H and O–H groups in total. The molecule has 2 aliphatic heterocycles. The summed E-state index contributed by atoms with van der Waals surface area (Å²) in [6.07, 6.45) is -6.04. The zero-order valence-electron chi connectivity index (χ0n) is 15.0. The van der Waals surface area contributed by atoms with Crippen LogP contribution in [-0.4, -0.2) is 36.4 Å². The van der Waals surface area contributed by atoms with Gasteiger partial charge >= 0.3 is 12.1 Å². The fourth-order valence-corrected chi connectivity index (χ4v) is 4.33. The second-order valence-corrected chi connectivity index (χ2v) is 8.19. The minimum absolute atomic E-state index is 0.169. The summed E-state index contributed by atoms with van der Waals surface area (Å²) in [5.41, 5.74) is -2.45.